The molecule has 1 aromatic rings. The molecule has 2 rings (SSSR count). The van der Waals surface area contributed by atoms with E-state index >= 15 is 0 Å². The lowest BCUT2D eigenvalue weighted by Gasteiger charge is -2.21. The van der Waals surface area contributed by atoms with E-state index in [9.17, 15) is 0 Å². The van der Waals surface area contributed by atoms with Crippen molar-refractivity contribution in [2.24, 2.45) is 5.92 Å². The summed E-state index contributed by atoms with van der Waals surface area (Å²) >= 11 is 3.61. The van der Waals surface area contributed by atoms with Gasteiger partial charge in [-0.3, -0.25) is 0 Å². The molecule has 1 atom stereocenters. The Bertz CT molecular complexity index is 363. The van der Waals surface area contributed by atoms with Gasteiger partial charge in [0.2, 0.25) is 0 Å². The zero-order valence-electron chi connectivity index (χ0n) is 11.0. The van der Waals surface area contributed by atoms with Crippen molar-refractivity contribution in [3.63, 3.8) is 0 Å². The summed E-state index contributed by atoms with van der Waals surface area (Å²) < 4.78 is 7.28. The van der Waals surface area contributed by atoms with E-state index in [2.05, 4.69) is 39.4 Å². The van der Waals surface area contributed by atoms with E-state index in [1.54, 1.807) is 0 Å². The van der Waals surface area contributed by atoms with Crippen LogP contribution < -0.4 is 5.32 Å². The van der Waals surface area contributed by atoms with Crippen LogP contribution in [0.4, 0.5) is 0 Å². The summed E-state index contributed by atoms with van der Waals surface area (Å²) in [5.74, 6) is 0.770. The molecule has 0 radical (unpaired) electrons. The minimum absolute atomic E-state index is 0.145. The van der Waals surface area contributed by atoms with E-state index in [4.69, 9.17) is 4.74 Å². The SMILES string of the molecule is CNCC(OCC1CCCC1)c1ccccc1Br. The smallest absolute Gasteiger partial charge is 0.0960 e. The minimum Gasteiger partial charge on any atom is -0.372 e. The van der Waals surface area contributed by atoms with Crippen LogP contribution in [0.15, 0.2) is 28.7 Å². The van der Waals surface area contributed by atoms with Gasteiger partial charge in [-0.15, -0.1) is 0 Å². The van der Waals surface area contributed by atoms with Gasteiger partial charge in [-0.05, 0) is 37.4 Å². The number of ether oxygens (including phenoxy) is 1. The molecular weight excluding hydrogens is 290 g/mol. The van der Waals surface area contributed by atoms with Crippen molar-refractivity contribution < 1.29 is 4.74 Å². The number of hydrogen-bond acceptors (Lipinski definition) is 2. The fourth-order valence-corrected chi connectivity index (χ4v) is 3.15. The lowest BCUT2D eigenvalue weighted by Crippen LogP contribution is -2.22. The molecule has 0 saturated heterocycles. The fourth-order valence-electron chi connectivity index (χ4n) is 2.61. The van der Waals surface area contributed by atoms with Crippen LogP contribution in [0.5, 0.6) is 0 Å². The van der Waals surface area contributed by atoms with Crippen molar-refractivity contribution in [1.82, 2.24) is 5.32 Å². The summed E-state index contributed by atoms with van der Waals surface area (Å²) in [5, 5.41) is 3.22. The molecule has 0 heterocycles. The maximum Gasteiger partial charge on any atom is 0.0960 e. The van der Waals surface area contributed by atoms with Crippen molar-refractivity contribution in [3.05, 3.63) is 34.3 Å². The lowest BCUT2D eigenvalue weighted by molar-refractivity contribution is 0.0302. The van der Waals surface area contributed by atoms with Crippen LogP contribution in [0.2, 0.25) is 0 Å². The van der Waals surface area contributed by atoms with E-state index in [-0.39, 0.29) is 6.10 Å². The van der Waals surface area contributed by atoms with Crippen molar-refractivity contribution in [2.45, 2.75) is 31.8 Å². The lowest BCUT2D eigenvalue weighted by atomic mass is 10.1. The second-order valence-corrected chi connectivity index (χ2v) is 5.91. The predicted octanol–water partition coefficient (Wildman–Crippen LogP) is 3.92. The van der Waals surface area contributed by atoms with E-state index in [0.717, 1.165) is 23.5 Å². The van der Waals surface area contributed by atoms with Crippen LogP contribution in [0, 0.1) is 5.92 Å². The normalized spacial score (nSPS) is 18.1. The third-order valence-corrected chi connectivity index (χ3v) is 4.37. The molecule has 1 aliphatic carbocycles. The number of hydrogen-bond donors (Lipinski definition) is 1. The summed E-state index contributed by atoms with van der Waals surface area (Å²) in [4.78, 5) is 0. The number of benzene rings is 1. The quantitative estimate of drug-likeness (QED) is 0.860. The largest absolute Gasteiger partial charge is 0.372 e. The molecule has 1 N–H and O–H groups in total. The molecule has 2 nitrogen and oxygen atoms in total. The van der Waals surface area contributed by atoms with Crippen LogP contribution in [0.1, 0.15) is 37.4 Å². The Balaban J connectivity index is 1.96. The Hall–Kier alpha value is -0.380. The van der Waals surface area contributed by atoms with Gasteiger partial charge in [-0.1, -0.05) is 47.0 Å². The zero-order chi connectivity index (χ0) is 12.8. The molecular formula is C15H22BrNO. The molecule has 1 aromatic carbocycles. The third kappa shape index (κ3) is 3.81. The van der Waals surface area contributed by atoms with Crippen molar-refractivity contribution in [1.29, 1.82) is 0 Å². The highest BCUT2D eigenvalue weighted by Crippen LogP contribution is 2.29. The Morgan fingerprint density at radius 2 is 2.06 bits per heavy atom. The average Bonchev–Trinajstić information content (AvgIpc) is 2.88. The summed E-state index contributed by atoms with van der Waals surface area (Å²) in [6.45, 7) is 1.75. The Kier molecular flexibility index (Phi) is 5.67. The van der Waals surface area contributed by atoms with Gasteiger partial charge < -0.3 is 10.1 Å². The van der Waals surface area contributed by atoms with Crippen LogP contribution >= 0.6 is 15.9 Å². The molecule has 18 heavy (non-hydrogen) atoms. The number of nitrogens with one attached hydrogen (secondary N) is 1. The molecule has 1 fully saturated rings. The highest BCUT2D eigenvalue weighted by Gasteiger charge is 2.19. The number of halogens is 1. The molecule has 0 spiro atoms. The van der Waals surface area contributed by atoms with Crippen LogP contribution in [0.3, 0.4) is 0 Å². The Morgan fingerprint density at radius 1 is 1.33 bits per heavy atom. The minimum atomic E-state index is 0.145. The van der Waals surface area contributed by atoms with Gasteiger partial charge >= 0.3 is 0 Å². The van der Waals surface area contributed by atoms with E-state index in [1.807, 2.05) is 13.1 Å². The van der Waals surface area contributed by atoms with Crippen LogP contribution in [0.25, 0.3) is 0 Å². The second kappa shape index (κ2) is 7.27. The maximum absolute atomic E-state index is 6.14. The first-order chi connectivity index (χ1) is 8.81. The molecule has 0 aliphatic heterocycles. The molecule has 1 unspecified atom stereocenters. The highest BCUT2D eigenvalue weighted by atomic mass is 79.9. The van der Waals surface area contributed by atoms with Gasteiger partial charge in [0.1, 0.15) is 0 Å². The monoisotopic (exact) mass is 311 g/mol. The molecule has 0 bridgehead atoms. The van der Waals surface area contributed by atoms with Gasteiger partial charge in [-0.2, -0.15) is 0 Å². The first-order valence-corrected chi connectivity index (χ1v) is 7.61. The first kappa shape index (κ1) is 14.0. The van der Waals surface area contributed by atoms with Gasteiger partial charge in [0.05, 0.1) is 12.7 Å². The molecule has 0 aromatic heterocycles. The zero-order valence-corrected chi connectivity index (χ0v) is 12.6. The van der Waals surface area contributed by atoms with Crippen LogP contribution in [-0.4, -0.2) is 20.2 Å². The van der Waals surface area contributed by atoms with Gasteiger partial charge in [-0.25, -0.2) is 0 Å². The molecule has 100 valence electrons. The third-order valence-electron chi connectivity index (χ3n) is 3.65. The van der Waals surface area contributed by atoms with E-state index in [0.29, 0.717) is 0 Å². The van der Waals surface area contributed by atoms with Gasteiger partial charge in [0.15, 0.2) is 0 Å². The van der Waals surface area contributed by atoms with Gasteiger partial charge in [0.25, 0.3) is 0 Å². The Labute approximate surface area is 118 Å². The summed E-state index contributed by atoms with van der Waals surface area (Å²) in [5.41, 5.74) is 1.24. The van der Waals surface area contributed by atoms with Crippen molar-refractivity contribution >= 4 is 15.9 Å². The van der Waals surface area contributed by atoms with Gasteiger partial charge in [0, 0.05) is 11.0 Å². The summed E-state index contributed by atoms with van der Waals surface area (Å²) in [6, 6.07) is 8.33. The highest BCUT2D eigenvalue weighted by molar-refractivity contribution is 9.10. The molecule has 3 heteroatoms. The fraction of sp³-hybridized carbons (Fsp3) is 0.600. The Morgan fingerprint density at radius 3 is 2.72 bits per heavy atom. The van der Waals surface area contributed by atoms with Crippen LogP contribution in [-0.2, 0) is 4.74 Å². The summed E-state index contributed by atoms with van der Waals surface area (Å²) in [6.07, 6.45) is 5.57. The molecule has 0 amide bonds. The standard InChI is InChI=1S/C15H22BrNO/c1-17-10-15(13-8-4-5-9-14(13)16)18-11-12-6-2-3-7-12/h4-5,8-9,12,15,17H,2-3,6-7,10-11H2,1H3. The molecule has 1 saturated carbocycles. The predicted molar refractivity (Wildman–Crippen MR) is 78.7 cm³/mol. The van der Waals surface area contributed by atoms with E-state index in [1.165, 1.54) is 31.2 Å². The molecule has 1 aliphatic rings. The number of rotatable bonds is 6. The van der Waals surface area contributed by atoms with Crippen molar-refractivity contribution in [3.8, 4) is 0 Å². The maximum atomic E-state index is 6.14. The average molecular weight is 312 g/mol. The topological polar surface area (TPSA) is 21.3 Å². The first-order valence-electron chi connectivity index (χ1n) is 6.82. The summed E-state index contributed by atoms with van der Waals surface area (Å²) in [7, 11) is 1.97. The van der Waals surface area contributed by atoms with E-state index < -0.39 is 0 Å². The number of likely N-dealkylation sites (N-methyl/N-ethyl adjacent to an activating group) is 1. The van der Waals surface area contributed by atoms with Crippen molar-refractivity contribution in [2.75, 3.05) is 20.2 Å². The second-order valence-electron chi connectivity index (χ2n) is 5.05.